The molecule has 0 saturated carbocycles. The fraction of sp³-hybridized carbons (Fsp3) is 0.733. The molecule has 1 unspecified atom stereocenters. The number of unbranched alkanes of at least 4 members (excludes halogenated alkanes) is 2. The minimum atomic E-state index is -0.814. The first-order valence-corrected chi connectivity index (χ1v) is 7.27. The molecule has 0 aliphatic heterocycles. The molecular formula is C15H27NO4. The lowest BCUT2D eigenvalue weighted by Crippen LogP contribution is -2.42. The molecule has 0 radical (unpaired) electrons. The van der Waals surface area contributed by atoms with Gasteiger partial charge in [0.25, 0.3) is 0 Å². The highest BCUT2D eigenvalue weighted by molar-refractivity contribution is 5.84. The van der Waals surface area contributed by atoms with Crippen LogP contribution in [0.3, 0.4) is 0 Å². The van der Waals surface area contributed by atoms with Crippen molar-refractivity contribution in [2.24, 2.45) is 0 Å². The lowest BCUT2D eigenvalue weighted by atomic mass is 10.1. The maximum atomic E-state index is 11.8. The van der Waals surface area contributed by atoms with Crippen LogP contribution in [0.1, 0.15) is 52.4 Å². The van der Waals surface area contributed by atoms with Gasteiger partial charge >= 0.3 is 5.97 Å². The second-order valence-electron chi connectivity index (χ2n) is 4.77. The number of aliphatic hydroxyl groups excluding tert-OH is 1. The molecule has 0 saturated heterocycles. The molecule has 1 amide bonds. The first kappa shape index (κ1) is 18.6. The molecule has 0 heterocycles. The monoisotopic (exact) mass is 285 g/mol. The highest BCUT2D eigenvalue weighted by Gasteiger charge is 2.21. The number of carbonyl (C=O) groups is 2. The van der Waals surface area contributed by atoms with Crippen LogP contribution in [-0.2, 0) is 14.3 Å². The Hall–Kier alpha value is -1.36. The van der Waals surface area contributed by atoms with E-state index >= 15 is 0 Å². The highest BCUT2D eigenvalue weighted by Crippen LogP contribution is 2.04. The zero-order chi connectivity index (χ0) is 15.4. The lowest BCUT2D eigenvalue weighted by molar-refractivity contribution is -0.145. The largest absolute Gasteiger partial charge is 0.467 e. The number of rotatable bonds is 10. The Labute approximate surface area is 121 Å². The molecule has 0 bridgehead atoms. The van der Waals surface area contributed by atoms with Crippen molar-refractivity contribution in [1.82, 2.24) is 5.32 Å². The number of amides is 1. The maximum absolute atomic E-state index is 11.8. The summed E-state index contributed by atoms with van der Waals surface area (Å²) in [6.07, 6.45) is 6.80. The zero-order valence-electron chi connectivity index (χ0n) is 12.7. The van der Waals surface area contributed by atoms with Gasteiger partial charge in [0.1, 0.15) is 6.04 Å². The fourth-order valence-corrected chi connectivity index (χ4v) is 1.73. The van der Waals surface area contributed by atoms with Crippen LogP contribution in [0.5, 0.6) is 0 Å². The van der Waals surface area contributed by atoms with E-state index < -0.39 is 18.1 Å². The molecular weight excluding hydrogens is 258 g/mol. The molecule has 5 nitrogen and oxygen atoms in total. The van der Waals surface area contributed by atoms with Crippen LogP contribution in [0.2, 0.25) is 0 Å². The first-order valence-electron chi connectivity index (χ1n) is 7.27. The number of hydrogen-bond donors (Lipinski definition) is 2. The molecule has 0 spiro atoms. The van der Waals surface area contributed by atoms with Gasteiger partial charge in [0.05, 0.1) is 19.6 Å². The van der Waals surface area contributed by atoms with Crippen LogP contribution in [0, 0.1) is 0 Å². The Morgan fingerprint density at radius 1 is 1.30 bits per heavy atom. The van der Waals surface area contributed by atoms with Crippen LogP contribution in [0.15, 0.2) is 12.2 Å². The average molecular weight is 285 g/mol. The van der Waals surface area contributed by atoms with E-state index in [-0.39, 0.29) is 12.3 Å². The summed E-state index contributed by atoms with van der Waals surface area (Å²) in [5.74, 6) is -0.784. The maximum Gasteiger partial charge on any atom is 0.328 e. The van der Waals surface area contributed by atoms with Gasteiger partial charge in [-0.2, -0.15) is 0 Å². The van der Waals surface area contributed by atoms with E-state index in [1.54, 1.807) is 6.08 Å². The second kappa shape index (κ2) is 11.5. The van der Waals surface area contributed by atoms with Crippen LogP contribution >= 0.6 is 0 Å². The number of esters is 1. The molecule has 0 aromatic rings. The number of methoxy groups -OCH3 is 1. The molecule has 2 atom stereocenters. The van der Waals surface area contributed by atoms with Crippen molar-refractivity contribution >= 4 is 11.9 Å². The van der Waals surface area contributed by atoms with E-state index in [4.69, 9.17) is 0 Å². The average Bonchev–Trinajstić information content (AvgIpc) is 2.42. The Balaban J connectivity index is 4.26. The van der Waals surface area contributed by atoms with E-state index in [2.05, 4.69) is 10.1 Å². The summed E-state index contributed by atoms with van der Waals surface area (Å²) in [6.45, 7) is 4.05. The summed E-state index contributed by atoms with van der Waals surface area (Å²) >= 11 is 0. The third-order valence-corrected chi connectivity index (χ3v) is 2.88. The Morgan fingerprint density at radius 2 is 2.00 bits per heavy atom. The minimum Gasteiger partial charge on any atom is -0.467 e. The Kier molecular flexibility index (Phi) is 10.7. The molecule has 0 rings (SSSR count). The Morgan fingerprint density at radius 3 is 2.55 bits per heavy atom. The molecule has 20 heavy (non-hydrogen) atoms. The van der Waals surface area contributed by atoms with Gasteiger partial charge in [-0.25, -0.2) is 4.79 Å². The summed E-state index contributed by atoms with van der Waals surface area (Å²) in [5.41, 5.74) is 0. The lowest BCUT2D eigenvalue weighted by Gasteiger charge is -2.16. The van der Waals surface area contributed by atoms with Gasteiger partial charge in [0.15, 0.2) is 0 Å². The van der Waals surface area contributed by atoms with E-state index in [0.29, 0.717) is 6.42 Å². The van der Waals surface area contributed by atoms with Crippen molar-refractivity contribution in [2.75, 3.05) is 7.11 Å². The van der Waals surface area contributed by atoms with Crippen molar-refractivity contribution in [2.45, 2.75) is 64.5 Å². The van der Waals surface area contributed by atoms with Gasteiger partial charge in [-0.1, -0.05) is 45.3 Å². The van der Waals surface area contributed by atoms with Crippen molar-refractivity contribution in [3.63, 3.8) is 0 Å². The van der Waals surface area contributed by atoms with E-state index in [9.17, 15) is 14.7 Å². The highest BCUT2D eigenvalue weighted by atomic mass is 16.5. The third kappa shape index (κ3) is 8.69. The first-order chi connectivity index (χ1) is 9.54. The van der Waals surface area contributed by atoms with Gasteiger partial charge in [-0.05, 0) is 12.8 Å². The van der Waals surface area contributed by atoms with Gasteiger partial charge in [-0.15, -0.1) is 0 Å². The number of allylic oxidation sites excluding steroid dienone is 1. The summed E-state index contributed by atoms with van der Waals surface area (Å²) in [5, 5.41) is 12.3. The number of ether oxygens (including phenoxy) is 1. The summed E-state index contributed by atoms with van der Waals surface area (Å²) in [4.78, 5) is 23.3. The number of hydrogen-bond acceptors (Lipinski definition) is 4. The number of carbonyl (C=O) groups excluding carboxylic acids is 2. The summed E-state index contributed by atoms with van der Waals surface area (Å²) in [7, 11) is 1.30. The van der Waals surface area contributed by atoms with E-state index in [1.165, 1.54) is 7.11 Å². The van der Waals surface area contributed by atoms with Crippen molar-refractivity contribution in [3.8, 4) is 0 Å². The predicted octanol–water partition coefficient (Wildman–Crippen LogP) is 1.94. The topological polar surface area (TPSA) is 75.6 Å². The van der Waals surface area contributed by atoms with Gasteiger partial charge in [-0.3, -0.25) is 4.79 Å². The van der Waals surface area contributed by atoms with Crippen molar-refractivity contribution < 1.29 is 19.4 Å². The van der Waals surface area contributed by atoms with Crippen LogP contribution in [0.4, 0.5) is 0 Å². The SMILES string of the molecule is CCC/C=C/C(O)CC(=O)N[C@@H](CCCC)C(=O)OC. The molecule has 0 fully saturated rings. The van der Waals surface area contributed by atoms with E-state index in [1.807, 2.05) is 19.9 Å². The van der Waals surface area contributed by atoms with Crippen LogP contribution in [0.25, 0.3) is 0 Å². The number of nitrogens with one attached hydrogen (secondary N) is 1. The van der Waals surface area contributed by atoms with Gasteiger partial charge in [0, 0.05) is 0 Å². The predicted molar refractivity (Wildman–Crippen MR) is 78.1 cm³/mol. The minimum absolute atomic E-state index is 0.0418. The fourth-order valence-electron chi connectivity index (χ4n) is 1.73. The zero-order valence-corrected chi connectivity index (χ0v) is 12.7. The third-order valence-electron chi connectivity index (χ3n) is 2.88. The van der Waals surface area contributed by atoms with Gasteiger partial charge < -0.3 is 15.2 Å². The molecule has 0 aromatic heterocycles. The number of aliphatic hydroxyl groups is 1. The summed E-state index contributed by atoms with van der Waals surface area (Å²) in [6, 6.07) is -0.626. The van der Waals surface area contributed by atoms with Crippen molar-refractivity contribution in [3.05, 3.63) is 12.2 Å². The summed E-state index contributed by atoms with van der Waals surface area (Å²) < 4.78 is 4.66. The molecule has 2 N–H and O–H groups in total. The van der Waals surface area contributed by atoms with Gasteiger partial charge in [0.2, 0.25) is 5.91 Å². The molecule has 5 heteroatoms. The molecule has 0 aliphatic rings. The molecule has 116 valence electrons. The van der Waals surface area contributed by atoms with Crippen LogP contribution < -0.4 is 5.32 Å². The normalized spacial score (nSPS) is 14.0. The Bertz CT molecular complexity index is 315. The van der Waals surface area contributed by atoms with Crippen molar-refractivity contribution in [1.29, 1.82) is 0 Å². The quantitative estimate of drug-likeness (QED) is 0.475. The van der Waals surface area contributed by atoms with Crippen LogP contribution in [-0.4, -0.2) is 36.2 Å². The molecule has 0 aliphatic carbocycles. The smallest absolute Gasteiger partial charge is 0.328 e. The molecule has 0 aromatic carbocycles. The second-order valence-corrected chi connectivity index (χ2v) is 4.77. The van der Waals surface area contributed by atoms with E-state index in [0.717, 1.165) is 25.7 Å². The standard InChI is InChI=1S/C15H27NO4/c1-4-6-8-9-12(17)11-14(18)16-13(10-7-5-2)15(19)20-3/h8-9,12-13,17H,4-7,10-11H2,1-3H3,(H,16,18)/b9-8+/t12?,13-/m0/s1.